The zero-order valence-corrected chi connectivity index (χ0v) is 6.87. The maximum atomic E-state index is 2.03. The van der Waals surface area contributed by atoms with Crippen LogP contribution in [-0.4, -0.2) is 0 Å². The molecule has 1 spiro atoms. The van der Waals surface area contributed by atoms with Gasteiger partial charge in [-0.15, -0.1) is 0 Å². The van der Waals surface area contributed by atoms with Gasteiger partial charge in [-0.05, 0) is 0 Å². The third-order valence-corrected chi connectivity index (χ3v) is 69.3. The van der Waals surface area contributed by atoms with Gasteiger partial charge in [-0.25, -0.2) is 0 Å². The molecule has 0 aromatic heterocycles. The molecule has 2 atom stereocenters. The minimum absolute atomic E-state index is 0.0463. The number of rotatable bonds is 0. The van der Waals surface area contributed by atoms with Crippen LogP contribution in [0.15, 0.2) is 0 Å². The monoisotopic (exact) mass is 156 g/mol. The van der Waals surface area contributed by atoms with Crippen molar-refractivity contribution in [2.45, 2.75) is 0 Å². The van der Waals surface area contributed by atoms with Gasteiger partial charge >= 0.3 is 33.5 Å². The molecule has 5 heavy (non-hydrogen) atoms. The fraction of sp³-hybridized carbons (Fsp3) is 0. The third-order valence-electron chi connectivity index (χ3n) is 1.06. The van der Waals surface area contributed by atoms with Gasteiger partial charge in [-0.2, -0.15) is 0 Å². The zero-order valence-electron chi connectivity index (χ0n) is 2.29. The zero-order chi connectivity index (χ0) is 3.07. The Hall–Kier alpha value is 1.63. The molecule has 0 fully saturated rings. The minimum atomic E-state index is 0.0463. The van der Waals surface area contributed by atoms with Crippen molar-refractivity contribution in [2.24, 2.45) is 0 Å². The van der Waals surface area contributed by atoms with Gasteiger partial charge in [0.1, 0.15) is 0 Å². The van der Waals surface area contributed by atoms with E-state index < -0.39 is 0 Å². The molecular formula is HP5. The van der Waals surface area contributed by atoms with Crippen molar-refractivity contribution >= 4 is 33.5 Å². The van der Waals surface area contributed by atoms with Crippen molar-refractivity contribution in [2.75, 3.05) is 0 Å². The number of hydrogen-bond acceptors (Lipinski definition) is 0. The fourth-order valence-electron chi connectivity index (χ4n) is 0.504. The summed E-state index contributed by atoms with van der Waals surface area (Å²) in [5.41, 5.74) is 0. The Bertz CT molecular complexity index is 224. The van der Waals surface area contributed by atoms with Crippen LogP contribution in [0.2, 0.25) is 0 Å². The van der Waals surface area contributed by atoms with Crippen LogP contribution in [0.4, 0.5) is 0 Å². The van der Waals surface area contributed by atoms with Crippen molar-refractivity contribution in [3.63, 3.8) is 0 Å². The molecule has 3 rings (SSSR count). The summed E-state index contributed by atoms with van der Waals surface area (Å²) in [6.07, 6.45) is 1.95. The Kier molecular flexibility index (Phi) is 0.279. The van der Waals surface area contributed by atoms with E-state index in [1.165, 1.54) is 0 Å². The molecule has 0 bridgehead atoms. The third kappa shape index (κ3) is 0.159. The van der Waals surface area contributed by atoms with E-state index in [0.717, 1.165) is 12.4 Å². The first-order valence-electron chi connectivity index (χ1n) is 1.49. The quantitative estimate of drug-likeness (QED) is 0.464. The second-order valence-corrected chi connectivity index (χ2v) is 37.2. The van der Waals surface area contributed by atoms with Gasteiger partial charge in [-0.1, -0.05) is 0 Å². The van der Waals surface area contributed by atoms with Crippen LogP contribution in [0, 0.1) is 0 Å². The van der Waals surface area contributed by atoms with Crippen LogP contribution in [0.5, 0.6) is 0 Å². The first-order valence-corrected chi connectivity index (χ1v) is 13.4. The molecule has 0 N–H and O–H groups in total. The molecule has 3 heterocycles. The van der Waals surface area contributed by atoms with E-state index in [1.807, 2.05) is 15.1 Å². The second kappa shape index (κ2) is 0.494. The SMILES string of the molecule is P1=P2=P3=P[PH]123. The van der Waals surface area contributed by atoms with Gasteiger partial charge in [0.15, 0.2) is 0 Å². The van der Waals surface area contributed by atoms with Gasteiger partial charge in [0.25, 0.3) is 0 Å². The van der Waals surface area contributed by atoms with Gasteiger partial charge in [-0.3, -0.25) is 0 Å². The summed E-state index contributed by atoms with van der Waals surface area (Å²) in [6, 6.07) is 0.0463. The fourth-order valence-corrected chi connectivity index (χ4v) is 108. The van der Waals surface area contributed by atoms with Gasteiger partial charge in [0.2, 0.25) is 0 Å². The molecule has 0 aromatic carbocycles. The van der Waals surface area contributed by atoms with Crippen LogP contribution < -0.4 is 0 Å². The van der Waals surface area contributed by atoms with Crippen molar-refractivity contribution in [1.29, 1.82) is 0 Å². The first kappa shape index (κ1) is 2.82. The summed E-state index contributed by atoms with van der Waals surface area (Å²) in [6.45, 7) is 0. The van der Waals surface area contributed by atoms with E-state index in [-0.39, 0.29) is 6.02 Å². The summed E-state index contributed by atoms with van der Waals surface area (Å²) in [7, 11) is 4.07. The predicted octanol–water partition coefficient (Wildman–Crippen LogP) is 4.04. The summed E-state index contributed by atoms with van der Waals surface area (Å²) < 4.78 is 0. The van der Waals surface area contributed by atoms with Crippen LogP contribution >= 0.6 is 33.5 Å². The Labute approximate surface area is 34.1 Å². The average molecular weight is 156 g/mol. The Balaban J connectivity index is 3.48. The standard InChI is InChI=1S/HP5/c1-3-4-2-5(1,3)4/h5H. The molecule has 0 amide bonds. The summed E-state index contributed by atoms with van der Waals surface area (Å²) in [4.78, 5) is 0. The molecule has 5 heteroatoms. The van der Waals surface area contributed by atoms with Crippen LogP contribution in [-0.2, 0) is 0 Å². The van der Waals surface area contributed by atoms with E-state index in [9.17, 15) is 0 Å². The molecule has 0 saturated carbocycles. The molecule has 3 aliphatic heterocycles. The maximum absolute atomic E-state index is 2.03. The van der Waals surface area contributed by atoms with E-state index in [4.69, 9.17) is 0 Å². The molecule has 0 saturated heterocycles. The Morgan fingerprint density at radius 1 is 1.20 bits per heavy atom. The number of hydrogen-bond donors (Lipinski definition) is 0. The molecule has 0 aliphatic carbocycles. The molecule has 0 nitrogen and oxygen atoms in total. The van der Waals surface area contributed by atoms with Crippen LogP contribution in [0.25, 0.3) is 0 Å². The summed E-state index contributed by atoms with van der Waals surface area (Å²) >= 11 is 0. The second-order valence-electron chi connectivity index (χ2n) is 1.38. The van der Waals surface area contributed by atoms with Crippen molar-refractivity contribution in [3.05, 3.63) is 0 Å². The van der Waals surface area contributed by atoms with Gasteiger partial charge in [0.05, 0.1) is 0 Å². The van der Waals surface area contributed by atoms with Crippen LogP contribution in [0.1, 0.15) is 0 Å². The van der Waals surface area contributed by atoms with Crippen molar-refractivity contribution in [3.8, 4) is 0 Å². The van der Waals surface area contributed by atoms with Gasteiger partial charge < -0.3 is 0 Å². The molecule has 26 valence electrons. The predicted molar refractivity (Wildman–Crippen MR) is 36.0 cm³/mol. The molecular weight excluding hydrogens is 155 g/mol. The molecule has 0 aromatic rings. The summed E-state index contributed by atoms with van der Waals surface area (Å²) in [5, 5.41) is 0. The molecule has 0 radical (unpaired) electrons. The Morgan fingerprint density at radius 3 is 1.60 bits per heavy atom. The topological polar surface area (TPSA) is 0 Å². The molecule has 2 unspecified atom stereocenters. The Morgan fingerprint density at radius 2 is 1.60 bits per heavy atom. The van der Waals surface area contributed by atoms with E-state index >= 15 is 0 Å². The molecule has 3 aliphatic rings. The van der Waals surface area contributed by atoms with Crippen molar-refractivity contribution in [1.82, 2.24) is 0 Å². The normalized spacial score (nSPS) is 67.2. The van der Waals surface area contributed by atoms with E-state index in [1.54, 1.807) is 0 Å². The van der Waals surface area contributed by atoms with E-state index in [2.05, 4.69) is 0 Å². The first-order chi connectivity index (χ1) is 2.43. The van der Waals surface area contributed by atoms with Gasteiger partial charge in [0, 0.05) is 0 Å². The van der Waals surface area contributed by atoms with Crippen LogP contribution in [0.3, 0.4) is 0 Å². The summed E-state index contributed by atoms with van der Waals surface area (Å²) in [5.74, 6) is 0. The van der Waals surface area contributed by atoms with E-state index in [0.29, 0.717) is 0 Å². The average Bonchev–Trinajstić information content (AvgIpc) is 2.04. The van der Waals surface area contributed by atoms with Crippen molar-refractivity contribution < 1.29 is 0 Å².